The molecule has 26 heavy (non-hydrogen) atoms. The SMILES string of the molecule is O=C(NCc1ccc(F)cc1)c1ccc2ncnc(N3CCCC3)c2c1. The Morgan fingerprint density at radius 2 is 1.85 bits per heavy atom. The molecule has 1 aromatic heterocycles. The van der Waals surface area contributed by atoms with Crippen molar-refractivity contribution in [2.24, 2.45) is 0 Å². The summed E-state index contributed by atoms with van der Waals surface area (Å²) in [5.41, 5.74) is 2.24. The first-order valence-corrected chi connectivity index (χ1v) is 8.73. The number of nitrogens with zero attached hydrogens (tertiary/aromatic N) is 3. The standard InChI is InChI=1S/C20H19FN4O/c21-16-6-3-14(4-7-16)12-22-20(26)15-5-8-18-17(11-15)19(24-13-23-18)25-9-1-2-10-25/h3-8,11,13H,1-2,9-10,12H2,(H,22,26). The van der Waals surface area contributed by atoms with Crippen molar-refractivity contribution in [3.63, 3.8) is 0 Å². The normalized spacial score (nSPS) is 14.0. The molecule has 0 atom stereocenters. The molecule has 3 aromatic rings. The van der Waals surface area contributed by atoms with E-state index in [2.05, 4.69) is 20.2 Å². The van der Waals surface area contributed by atoms with Crippen molar-refractivity contribution in [2.45, 2.75) is 19.4 Å². The maximum Gasteiger partial charge on any atom is 0.251 e. The fourth-order valence-electron chi connectivity index (χ4n) is 3.25. The number of amides is 1. The van der Waals surface area contributed by atoms with E-state index < -0.39 is 0 Å². The molecular formula is C20H19FN4O. The van der Waals surface area contributed by atoms with Crippen LogP contribution < -0.4 is 10.2 Å². The van der Waals surface area contributed by atoms with Gasteiger partial charge in [0.1, 0.15) is 18.0 Å². The monoisotopic (exact) mass is 350 g/mol. The van der Waals surface area contributed by atoms with Gasteiger partial charge < -0.3 is 10.2 Å². The molecule has 1 aliphatic rings. The van der Waals surface area contributed by atoms with Crippen LogP contribution in [0.25, 0.3) is 10.9 Å². The minimum Gasteiger partial charge on any atom is -0.356 e. The molecule has 0 bridgehead atoms. The Bertz CT molecular complexity index is 936. The number of rotatable bonds is 4. The van der Waals surface area contributed by atoms with E-state index in [0.717, 1.165) is 48.2 Å². The van der Waals surface area contributed by atoms with Gasteiger partial charge in [-0.3, -0.25) is 4.79 Å². The summed E-state index contributed by atoms with van der Waals surface area (Å²) in [7, 11) is 0. The summed E-state index contributed by atoms with van der Waals surface area (Å²) < 4.78 is 13.0. The second-order valence-corrected chi connectivity index (χ2v) is 6.43. The zero-order valence-corrected chi connectivity index (χ0v) is 14.3. The van der Waals surface area contributed by atoms with Gasteiger partial charge in [0.25, 0.3) is 5.91 Å². The highest BCUT2D eigenvalue weighted by Crippen LogP contribution is 2.26. The molecule has 6 heteroatoms. The average molecular weight is 350 g/mol. The number of aromatic nitrogens is 2. The number of halogens is 1. The molecular weight excluding hydrogens is 331 g/mol. The first kappa shape index (κ1) is 16.4. The molecule has 0 radical (unpaired) electrons. The Morgan fingerprint density at radius 1 is 1.08 bits per heavy atom. The number of hydrogen-bond donors (Lipinski definition) is 1. The van der Waals surface area contributed by atoms with Gasteiger partial charge in [-0.15, -0.1) is 0 Å². The molecule has 1 aliphatic heterocycles. The molecule has 1 amide bonds. The summed E-state index contributed by atoms with van der Waals surface area (Å²) in [6.07, 6.45) is 3.89. The Balaban J connectivity index is 1.56. The van der Waals surface area contributed by atoms with Gasteiger partial charge in [0, 0.05) is 30.6 Å². The highest BCUT2D eigenvalue weighted by atomic mass is 19.1. The van der Waals surface area contributed by atoms with Gasteiger partial charge in [0.2, 0.25) is 0 Å². The lowest BCUT2D eigenvalue weighted by Gasteiger charge is -2.18. The molecule has 2 heterocycles. The fraction of sp³-hybridized carbons (Fsp3) is 0.250. The lowest BCUT2D eigenvalue weighted by Crippen LogP contribution is -2.23. The molecule has 5 nitrogen and oxygen atoms in total. The third kappa shape index (κ3) is 3.35. The summed E-state index contributed by atoms with van der Waals surface area (Å²) in [6.45, 7) is 2.31. The molecule has 1 fully saturated rings. The lowest BCUT2D eigenvalue weighted by atomic mass is 10.1. The molecule has 132 valence electrons. The van der Waals surface area contributed by atoms with Crippen molar-refractivity contribution in [3.05, 3.63) is 65.7 Å². The smallest absolute Gasteiger partial charge is 0.251 e. The molecule has 2 aromatic carbocycles. The van der Waals surface area contributed by atoms with Gasteiger partial charge in [-0.1, -0.05) is 12.1 Å². The zero-order valence-electron chi connectivity index (χ0n) is 14.3. The highest BCUT2D eigenvalue weighted by Gasteiger charge is 2.17. The average Bonchev–Trinajstić information content (AvgIpc) is 3.21. The van der Waals surface area contributed by atoms with E-state index >= 15 is 0 Å². The Morgan fingerprint density at radius 3 is 2.62 bits per heavy atom. The van der Waals surface area contributed by atoms with Crippen molar-refractivity contribution >= 4 is 22.6 Å². The zero-order chi connectivity index (χ0) is 17.9. The molecule has 0 unspecified atom stereocenters. The molecule has 4 rings (SSSR count). The summed E-state index contributed by atoms with van der Waals surface area (Å²) in [5, 5.41) is 3.77. The first-order chi connectivity index (χ1) is 12.7. The largest absolute Gasteiger partial charge is 0.356 e. The first-order valence-electron chi connectivity index (χ1n) is 8.73. The van der Waals surface area contributed by atoms with Crippen LogP contribution in [0.5, 0.6) is 0 Å². The Labute approximate surface area is 150 Å². The van der Waals surface area contributed by atoms with Gasteiger partial charge in [-0.05, 0) is 48.7 Å². The second kappa shape index (κ2) is 7.07. The van der Waals surface area contributed by atoms with Crippen LogP contribution in [0.3, 0.4) is 0 Å². The summed E-state index contributed by atoms with van der Waals surface area (Å²) in [4.78, 5) is 23.5. The molecule has 0 aliphatic carbocycles. The van der Waals surface area contributed by atoms with Gasteiger partial charge in [0.05, 0.1) is 5.52 Å². The van der Waals surface area contributed by atoms with Gasteiger partial charge in [0.15, 0.2) is 0 Å². The summed E-state index contributed by atoms with van der Waals surface area (Å²) in [6, 6.07) is 11.6. The Hall–Kier alpha value is -3.02. The van der Waals surface area contributed by atoms with Crippen LogP contribution in [0.2, 0.25) is 0 Å². The lowest BCUT2D eigenvalue weighted by molar-refractivity contribution is 0.0951. The minimum absolute atomic E-state index is 0.174. The van der Waals surface area contributed by atoms with Crippen LogP contribution in [-0.2, 0) is 6.54 Å². The molecule has 0 saturated carbocycles. The van der Waals surface area contributed by atoms with Gasteiger partial charge >= 0.3 is 0 Å². The number of hydrogen-bond acceptors (Lipinski definition) is 4. The number of benzene rings is 2. The predicted octanol–water partition coefficient (Wildman–Crippen LogP) is 3.30. The molecule has 1 saturated heterocycles. The second-order valence-electron chi connectivity index (χ2n) is 6.43. The van der Waals surface area contributed by atoms with E-state index in [0.29, 0.717) is 12.1 Å². The van der Waals surface area contributed by atoms with E-state index in [4.69, 9.17) is 0 Å². The van der Waals surface area contributed by atoms with E-state index in [1.165, 1.54) is 12.1 Å². The fourth-order valence-corrected chi connectivity index (χ4v) is 3.25. The van der Waals surface area contributed by atoms with Gasteiger partial charge in [-0.25, -0.2) is 14.4 Å². The number of carbonyl (C=O) groups excluding carboxylic acids is 1. The van der Waals surface area contributed by atoms with E-state index in [-0.39, 0.29) is 11.7 Å². The van der Waals surface area contributed by atoms with E-state index in [9.17, 15) is 9.18 Å². The van der Waals surface area contributed by atoms with Crippen LogP contribution in [-0.4, -0.2) is 29.0 Å². The van der Waals surface area contributed by atoms with Crippen molar-refractivity contribution in [1.29, 1.82) is 0 Å². The van der Waals surface area contributed by atoms with E-state index in [1.54, 1.807) is 24.5 Å². The quantitative estimate of drug-likeness (QED) is 0.784. The minimum atomic E-state index is -0.288. The predicted molar refractivity (Wildman–Crippen MR) is 98.6 cm³/mol. The van der Waals surface area contributed by atoms with Crippen LogP contribution in [0.15, 0.2) is 48.8 Å². The molecule has 0 spiro atoms. The summed E-state index contributed by atoms with van der Waals surface area (Å²) in [5.74, 6) is 0.428. The van der Waals surface area contributed by atoms with Crippen LogP contribution >= 0.6 is 0 Å². The van der Waals surface area contributed by atoms with Crippen molar-refractivity contribution < 1.29 is 9.18 Å². The third-order valence-corrected chi connectivity index (χ3v) is 4.65. The number of fused-ring (bicyclic) bond motifs is 1. The maximum absolute atomic E-state index is 13.0. The highest BCUT2D eigenvalue weighted by molar-refractivity contribution is 6.00. The van der Waals surface area contributed by atoms with Gasteiger partial charge in [-0.2, -0.15) is 0 Å². The topological polar surface area (TPSA) is 58.1 Å². The third-order valence-electron chi connectivity index (χ3n) is 4.65. The number of carbonyl (C=O) groups is 1. The molecule has 1 N–H and O–H groups in total. The van der Waals surface area contributed by atoms with Crippen molar-refractivity contribution in [1.82, 2.24) is 15.3 Å². The van der Waals surface area contributed by atoms with E-state index in [1.807, 2.05) is 12.1 Å². The van der Waals surface area contributed by atoms with Crippen molar-refractivity contribution in [3.8, 4) is 0 Å². The Kier molecular flexibility index (Phi) is 4.48. The number of anilines is 1. The van der Waals surface area contributed by atoms with Crippen LogP contribution in [0.4, 0.5) is 10.2 Å². The maximum atomic E-state index is 13.0. The summed E-state index contributed by atoms with van der Waals surface area (Å²) >= 11 is 0. The van der Waals surface area contributed by atoms with Crippen LogP contribution in [0.1, 0.15) is 28.8 Å². The van der Waals surface area contributed by atoms with Crippen molar-refractivity contribution in [2.75, 3.05) is 18.0 Å². The number of nitrogens with one attached hydrogen (secondary N) is 1. The van der Waals surface area contributed by atoms with Crippen LogP contribution in [0, 0.1) is 5.82 Å².